The van der Waals surface area contributed by atoms with Crippen molar-refractivity contribution >= 4 is 33.2 Å². The molecule has 38 heavy (non-hydrogen) atoms. The number of benzene rings is 3. The number of aryl methyl sites for hydroxylation is 1. The van der Waals surface area contributed by atoms with E-state index < -0.39 is 39.2 Å². The molecule has 0 unspecified atom stereocenters. The largest absolute Gasteiger partial charge is 0.417 e. The Balaban J connectivity index is 1.58. The molecule has 0 bridgehead atoms. The second-order valence-corrected chi connectivity index (χ2v) is 11.4. The molecule has 1 fully saturated rings. The van der Waals surface area contributed by atoms with Crippen LogP contribution in [-0.2, 0) is 27.5 Å². The first kappa shape index (κ1) is 27.9. The number of carbonyl (C=O) groups is 1. The number of halogens is 4. The van der Waals surface area contributed by atoms with Gasteiger partial charge < -0.3 is 4.90 Å². The van der Waals surface area contributed by atoms with Gasteiger partial charge in [-0.1, -0.05) is 59.6 Å². The van der Waals surface area contributed by atoms with Crippen LogP contribution < -0.4 is 4.31 Å². The van der Waals surface area contributed by atoms with Crippen molar-refractivity contribution in [2.24, 2.45) is 0 Å². The summed E-state index contributed by atoms with van der Waals surface area (Å²) in [5.41, 5.74) is 0.484. The van der Waals surface area contributed by atoms with Gasteiger partial charge in [-0.2, -0.15) is 13.2 Å². The first-order chi connectivity index (χ1) is 17.9. The Bertz CT molecular complexity index is 1380. The Morgan fingerprint density at radius 2 is 1.58 bits per heavy atom. The van der Waals surface area contributed by atoms with Crippen LogP contribution in [0, 0.1) is 6.92 Å². The van der Waals surface area contributed by atoms with Crippen LogP contribution in [-0.4, -0.2) is 56.8 Å². The van der Waals surface area contributed by atoms with Gasteiger partial charge in [-0.3, -0.25) is 14.0 Å². The fraction of sp³-hybridized carbons (Fsp3) is 0.296. The molecule has 3 aromatic rings. The monoisotopic (exact) mass is 565 g/mol. The molecule has 1 aliphatic heterocycles. The number of rotatable bonds is 7. The van der Waals surface area contributed by atoms with E-state index >= 15 is 0 Å². The molecule has 11 heteroatoms. The van der Waals surface area contributed by atoms with Crippen LogP contribution >= 0.6 is 11.6 Å². The zero-order chi connectivity index (χ0) is 27.5. The zero-order valence-corrected chi connectivity index (χ0v) is 22.2. The third kappa shape index (κ3) is 6.48. The Hall–Kier alpha value is -3.08. The maximum absolute atomic E-state index is 13.6. The van der Waals surface area contributed by atoms with Gasteiger partial charge >= 0.3 is 6.18 Å². The summed E-state index contributed by atoms with van der Waals surface area (Å²) < 4.78 is 68.6. The lowest BCUT2D eigenvalue weighted by Crippen LogP contribution is -2.51. The Kier molecular flexibility index (Phi) is 8.34. The fourth-order valence-electron chi connectivity index (χ4n) is 4.26. The molecule has 202 valence electrons. The first-order valence-electron chi connectivity index (χ1n) is 12.0. The number of anilines is 1. The molecule has 0 N–H and O–H groups in total. The van der Waals surface area contributed by atoms with E-state index in [1.54, 1.807) is 24.0 Å². The number of piperazine rings is 1. The van der Waals surface area contributed by atoms with E-state index in [2.05, 4.69) is 4.90 Å². The van der Waals surface area contributed by atoms with Crippen LogP contribution in [0.25, 0.3) is 0 Å². The van der Waals surface area contributed by atoms with Gasteiger partial charge in [0.25, 0.3) is 10.0 Å². The van der Waals surface area contributed by atoms with Crippen LogP contribution in [0.4, 0.5) is 18.9 Å². The van der Waals surface area contributed by atoms with Crippen molar-refractivity contribution in [3.63, 3.8) is 0 Å². The van der Waals surface area contributed by atoms with E-state index in [4.69, 9.17) is 11.6 Å². The zero-order valence-electron chi connectivity index (χ0n) is 20.7. The molecule has 0 saturated carbocycles. The van der Waals surface area contributed by atoms with Gasteiger partial charge in [-0.25, -0.2) is 8.42 Å². The van der Waals surface area contributed by atoms with E-state index in [9.17, 15) is 26.4 Å². The highest BCUT2D eigenvalue weighted by Gasteiger charge is 2.36. The Labute approximate surface area is 225 Å². The van der Waals surface area contributed by atoms with Gasteiger partial charge in [-0.05, 0) is 42.8 Å². The molecule has 1 amide bonds. The Morgan fingerprint density at radius 3 is 2.18 bits per heavy atom. The maximum Gasteiger partial charge on any atom is 0.417 e. The van der Waals surface area contributed by atoms with Crippen LogP contribution in [0.2, 0.25) is 5.02 Å². The van der Waals surface area contributed by atoms with Crippen molar-refractivity contribution in [2.75, 3.05) is 37.0 Å². The smallest absolute Gasteiger partial charge is 0.339 e. The first-order valence-corrected chi connectivity index (χ1v) is 13.8. The average Bonchev–Trinajstić information content (AvgIpc) is 2.88. The van der Waals surface area contributed by atoms with E-state index in [1.807, 2.05) is 30.3 Å². The number of alkyl halides is 3. The highest BCUT2D eigenvalue weighted by atomic mass is 35.5. The van der Waals surface area contributed by atoms with Crippen molar-refractivity contribution in [1.29, 1.82) is 0 Å². The summed E-state index contributed by atoms with van der Waals surface area (Å²) in [4.78, 5) is 16.9. The predicted octanol–water partition coefficient (Wildman–Crippen LogP) is 5.21. The van der Waals surface area contributed by atoms with E-state index in [0.717, 1.165) is 28.0 Å². The summed E-state index contributed by atoms with van der Waals surface area (Å²) in [6.07, 6.45) is -4.80. The lowest BCUT2D eigenvalue weighted by Gasteiger charge is -2.36. The molecule has 4 rings (SSSR count). The number of hydrogen-bond donors (Lipinski definition) is 0. The highest BCUT2D eigenvalue weighted by Crippen LogP contribution is 2.38. The van der Waals surface area contributed by atoms with Gasteiger partial charge in [0.1, 0.15) is 6.54 Å². The minimum absolute atomic E-state index is 0.132. The van der Waals surface area contributed by atoms with Gasteiger partial charge in [0.05, 0.1) is 21.2 Å². The van der Waals surface area contributed by atoms with Crippen molar-refractivity contribution in [3.8, 4) is 0 Å². The minimum atomic E-state index is -4.80. The van der Waals surface area contributed by atoms with Gasteiger partial charge in [0.2, 0.25) is 5.91 Å². The predicted molar refractivity (Wildman–Crippen MR) is 140 cm³/mol. The average molecular weight is 566 g/mol. The van der Waals surface area contributed by atoms with Crippen LogP contribution in [0.3, 0.4) is 0 Å². The molecular formula is C27H27ClF3N3O3S. The topological polar surface area (TPSA) is 60.9 Å². The van der Waals surface area contributed by atoms with Crippen molar-refractivity contribution < 1.29 is 26.4 Å². The fourth-order valence-corrected chi connectivity index (χ4v) is 5.89. The number of amides is 1. The van der Waals surface area contributed by atoms with Gasteiger partial charge in [-0.15, -0.1) is 0 Å². The molecule has 1 heterocycles. The normalized spacial score (nSPS) is 14.9. The second-order valence-electron chi connectivity index (χ2n) is 9.13. The summed E-state index contributed by atoms with van der Waals surface area (Å²) in [5.74, 6) is -0.497. The maximum atomic E-state index is 13.6. The van der Waals surface area contributed by atoms with E-state index in [1.165, 1.54) is 18.2 Å². The lowest BCUT2D eigenvalue weighted by atomic mass is 10.2. The van der Waals surface area contributed by atoms with Crippen LogP contribution in [0.5, 0.6) is 0 Å². The molecule has 0 aliphatic carbocycles. The van der Waals surface area contributed by atoms with Crippen LogP contribution in [0.1, 0.15) is 16.7 Å². The molecule has 0 aromatic heterocycles. The summed E-state index contributed by atoms with van der Waals surface area (Å²) in [7, 11) is -4.37. The van der Waals surface area contributed by atoms with Crippen LogP contribution in [0.15, 0.2) is 77.7 Å². The third-order valence-corrected chi connectivity index (χ3v) is 8.52. The Morgan fingerprint density at radius 1 is 0.947 bits per heavy atom. The SMILES string of the molecule is Cc1ccc(S(=O)(=O)N(CC(=O)N2CCN(Cc3ccccc3)CC2)c2ccc(Cl)c(C(F)(F)F)c2)cc1. The highest BCUT2D eigenvalue weighted by molar-refractivity contribution is 7.92. The second kappa shape index (κ2) is 11.3. The number of nitrogens with zero attached hydrogens (tertiary/aromatic N) is 3. The molecule has 0 radical (unpaired) electrons. The molecular weight excluding hydrogens is 539 g/mol. The standard InChI is InChI=1S/C27H27ClF3N3O3S/c1-20-7-10-23(11-8-20)38(36,37)34(22-9-12-25(28)24(17-22)27(29,30)31)19-26(35)33-15-13-32(14-16-33)18-21-5-3-2-4-6-21/h2-12,17H,13-16,18-19H2,1H3. The summed E-state index contributed by atoms with van der Waals surface area (Å²) in [6, 6.07) is 18.6. The molecule has 0 spiro atoms. The molecule has 1 saturated heterocycles. The molecule has 1 aliphatic rings. The number of sulfonamides is 1. The van der Waals surface area contributed by atoms with Crippen molar-refractivity contribution in [2.45, 2.75) is 24.5 Å². The molecule has 0 atom stereocenters. The van der Waals surface area contributed by atoms with Crippen molar-refractivity contribution in [1.82, 2.24) is 9.80 Å². The van der Waals surface area contributed by atoms with E-state index in [0.29, 0.717) is 32.2 Å². The van der Waals surface area contributed by atoms with Crippen molar-refractivity contribution in [3.05, 3.63) is 94.5 Å². The third-order valence-electron chi connectivity index (χ3n) is 6.41. The van der Waals surface area contributed by atoms with E-state index in [-0.39, 0.29) is 10.6 Å². The minimum Gasteiger partial charge on any atom is -0.339 e. The summed E-state index contributed by atoms with van der Waals surface area (Å²) in [6.45, 7) is 3.78. The summed E-state index contributed by atoms with van der Waals surface area (Å²) >= 11 is 5.77. The number of hydrogen-bond acceptors (Lipinski definition) is 4. The lowest BCUT2D eigenvalue weighted by molar-refractivity contribution is -0.137. The molecule has 3 aromatic carbocycles. The van der Waals surface area contributed by atoms with Gasteiger partial charge in [0.15, 0.2) is 0 Å². The number of carbonyl (C=O) groups excluding carboxylic acids is 1. The summed E-state index contributed by atoms with van der Waals surface area (Å²) in [5, 5.41) is -0.560. The van der Waals surface area contributed by atoms with Gasteiger partial charge in [0, 0.05) is 32.7 Å². The molecule has 6 nitrogen and oxygen atoms in total. The quantitative estimate of drug-likeness (QED) is 0.395.